The molecule has 0 spiro atoms. The van der Waals surface area contributed by atoms with E-state index in [2.05, 4.69) is 0 Å². The third kappa shape index (κ3) is 2.19. The number of rotatable bonds is 3. The van der Waals surface area contributed by atoms with Crippen molar-refractivity contribution in [1.29, 1.82) is 0 Å². The van der Waals surface area contributed by atoms with Crippen LogP contribution in [0.3, 0.4) is 0 Å². The van der Waals surface area contributed by atoms with E-state index in [-0.39, 0.29) is 0 Å². The molecule has 0 saturated carbocycles. The van der Waals surface area contributed by atoms with Gasteiger partial charge in [-0.1, -0.05) is 30.3 Å². The second kappa shape index (κ2) is 4.47. The lowest BCUT2D eigenvalue weighted by Gasteiger charge is -2.18. The van der Waals surface area contributed by atoms with Crippen molar-refractivity contribution in [3.05, 3.63) is 47.7 Å². The predicted molar refractivity (Wildman–Crippen MR) is 56.1 cm³/mol. The monoisotopic (exact) mass is 206 g/mol. The van der Waals surface area contributed by atoms with Crippen LogP contribution in [0.15, 0.2) is 42.2 Å². The van der Waals surface area contributed by atoms with Crippen LogP contribution in [0.5, 0.6) is 0 Å². The fraction of sp³-hybridized carbons (Fsp3) is 0.333. The molecule has 0 radical (unpaired) electrons. The van der Waals surface area contributed by atoms with Crippen molar-refractivity contribution in [2.24, 2.45) is 0 Å². The van der Waals surface area contributed by atoms with Gasteiger partial charge in [-0.2, -0.15) is 0 Å². The third-order valence-electron chi connectivity index (χ3n) is 2.46. The van der Waals surface area contributed by atoms with Gasteiger partial charge in [0.2, 0.25) is 0 Å². The normalized spacial score (nSPS) is 19.2. The molecule has 1 heterocycles. The average Bonchev–Trinajstić information content (AvgIpc) is 2.82. The van der Waals surface area contributed by atoms with Gasteiger partial charge >= 0.3 is 0 Å². The predicted octanol–water partition coefficient (Wildman–Crippen LogP) is 1.39. The Morgan fingerprint density at radius 2 is 1.80 bits per heavy atom. The molecule has 0 bridgehead atoms. The van der Waals surface area contributed by atoms with Crippen molar-refractivity contribution in [3.8, 4) is 0 Å². The molecular formula is C12H14O3. The Morgan fingerprint density at radius 3 is 2.40 bits per heavy atom. The van der Waals surface area contributed by atoms with Crippen molar-refractivity contribution in [2.75, 3.05) is 6.61 Å². The van der Waals surface area contributed by atoms with Crippen LogP contribution >= 0.6 is 0 Å². The molecule has 0 fully saturated rings. The Labute approximate surface area is 88.6 Å². The molecule has 0 saturated heterocycles. The molecular weight excluding hydrogens is 192 g/mol. The number of hydrogen-bond donors (Lipinski definition) is 2. The van der Waals surface area contributed by atoms with Gasteiger partial charge in [0.15, 0.2) is 0 Å². The van der Waals surface area contributed by atoms with Crippen LogP contribution in [0, 0.1) is 0 Å². The minimum Gasteiger partial charge on any atom is -0.495 e. The van der Waals surface area contributed by atoms with Gasteiger partial charge < -0.3 is 14.9 Å². The van der Waals surface area contributed by atoms with Crippen LogP contribution in [0.25, 0.3) is 0 Å². The van der Waals surface area contributed by atoms with E-state index in [1.807, 2.05) is 24.3 Å². The quantitative estimate of drug-likeness (QED) is 0.785. The first-order valence-corrected chi connectivity index (χ1v) is 5.03. The maximum atomic E-state index is 9.88. The Kier molecular flexibility index (Phi) is 3.04. The highest BCUT2D eigenvalue weighted by atomic mass is 16.5. The van der Waals surface area contributed by atoms with Gasteiger partial charge in [-0.25, -0.2) is 0 Å². The van der Waals surface area contributed by atoms with Gasteiger partial charge in [0.25, 0.3) is 0 Å². The van der Waals surface area contributed by atoms with E-state index in [0.717, 1.165) is 6.42 Å². The summed E-state index contributed by atoms with van der Waals surface area (Å²) >= 11 is 0. The van der Waals surface area contributed by atoms with Crippen molar-refractivity contribution >= 4 is 0 Å². The third-order valence-corrected chi connectivity index (χ3v) is 2.46. The van der Waals surface area contributed by atoms with Crippen LogP contribution < -0.4 is 0 Å². The molecule has 3 nitrogen and oxygen atoms in total. The lowest BCUT2D eigenvalue weighted by molar-refractivity contribution is 0.00761. The number of benzene rings is 1. The maximum absolute atomic E-state index is 9.88. The largest absolute Gasteiger partial charge is 0.495 e. The van der Waals surface area contributed by atoms with Crippen LogP contribution in [-0.2, 0) is 4.74 Å². The van der Waals surface area contributed by atoms with Gasteiger partial charge in [-0.3, -0.25) is 0 Å². The average molecular weight is 206 g/mol. The van der Waals surface area contributed by atoms with Gasteiger partial charge in [0.1, 0.15) is 18.0 Å². The van der Waals surface area contributed by atoms with Crippen LogP contribution in [0.1, 0.15) is 18.1 Å². The summed E-state index contributed by atoms with van der Waals surface area (Å²) in [5, 5.41) is 19.7. The minimum absolute atomic E-state index is 0.478. The number of hydrogen-bond acceptors (Lipinski definition) is 3. The summed E-state index contributed by atoms with van der Waals surface area (Å²) in [5.41, 5.74) is 0.696. The highest BCUT2D eigenvalue weighted by molar-refractivity contribution is 5.21. The van der Waals surface area contributed by atoms with Crippen LogP contribution in [-0.4, -0.2) is 22.9 Å². The van der Waals surface area contributed by atoms with Crippen molar-refractivity contribution in [3.63, 3.8) is 0 Å². The minimum atomic E-state index is -0.963. The molecule has 0 aliphatic carbocycles. The van der Waals surface area contributed by atoms with E-state index in [9.17, 15) is 10.2 Å². The molecule has 1 aromatic rings. The summed E-state index contributed by atoms with van der Waals surface area (Å²) in [5.74, 6) is 0.478. The Hall–Kier alpha value is -1.32. The second-order valence-electron chi connectivity index (χ2n) is 3.54. The van der Waals surface area contributed by atoms with Crippen LogP contribution in [0.4, 0.5) is 0 Å². The topological polar surface area (TPSA) is 49.7 Å². The lowest BCUT2D eigenvalue weighted by Crippen LogP contribution is -2.20. The summed E-state index contributed by atoms with van der Waals surface area (Å²) in [6, 6.07) is 9.09. The Bertz CT molecular complexity index is 345. The number of aliphatic hydroxyl groups excluding tert-OH is 2. The fourth-order valence-corrected chi connectivity index (χ4v) is 1.63. The van der Waals surface area contributed by atoms with Gasteiger partial charge in [0.05, 0.1) is 6.61 Å². The van der Waals surface area contributed by atoms with E-state index in [1.54, 1.807) is 12.1 Å². The van der Waals surface area contributed by atoms with Crippen molar-refractivity contribution in [2.45, 2.75) is 18.6 Å². The molecule has 1 aliphatic heterocycles. The highest BCUT2D eigenvalue weighted by Crippen LogP contribution is 2.24. The van der Waals surface area contributed by atoms with E-state index in [4.69, 9.17) is 4.74 Å². The van der Waals surface area contributed by atoms with E-state index in [1.165, 1.54) is 0 Å². The van der Waals surface area contributed by atoms with E-state index in [0.29, 0.717) is 17.9 Å². The Balaban J connectivity index is 2.10. The zero-order valence-corrected chi connectivity index (χ0v) is 8.34. The molecule has 15 heavy (non-hydrogen) atoms. The maximum Gasteiger partial charge on any atom is 0.141 e. The van der Waals surface area contributed by atoms with Crippen molar-refractivity contribution in [1.82, 2.24) is 0 Å². The van der Waals surface area contributed by atoms with Gasteiger partial charge in [-0.05, 0) is 11.6 Å². The molecule has 1 aromatic carbocycles. The standard InChI is InChI=1S/C12H14O3/c13-11(9-5-2-1-3-6-9)12(14)10-7-4-8-15-10/h1-3,5-7,11-14H,4,8H2. The van der Waals surface area contributed by atoms with E-state index < -0.39 is 12.2 Å². The Morgan fingerprint density at radius 1 is 1.07 bits per heavy atom. The summed E-state index contributed by atoms with van der Waals surface area (Å²) in [4.78, 5) is 0. The summed E-state index contributed by atoms with van der Waals surface area (Å²) < 4.78 is 5.21. The summed E-state index contributed by atoms with van der Waals surface area (Å²) in [6.07, 6.45) is 0.732. The molecule has 2 rings (SSSR count). The van der Waals surface area contributed by atoms with Crippen LogP contribution in [0.2, 0.25) is 0 Å². The zero-order chi connectivity index (χ0) is 10.7. The fourth-order valence-electron chi connectivity index (χ4n) is 1.63. The smallest absolute Gasteiger partial charge is 0.141 e. The molecule has 80 valence electrons. The number of aliphatic hydroxyl groups is 2. The first-order chi connectivity index (χ1) is 7.29. The molecule has 3 heteroatoms. The first kappa shape index (κ1) is 10.2. The molecule has 2 unspecified atom stereocenters. The first-order valence-electron chi connectivity index (χ1n) is 5.03. The molecule has 2 N–H and O–H groups in total. The summed E-state index contributed by atoms with van der Waals surface area (Å²) in [7, 11) is 0. The van der Waals surface area contributed by atoms with Gasteiger partial charge in [-0.15, -0.1) is 0 Å². The molecule has 0 aromatic heterocycles. The van der Waals surface area contributed by atoms with E-state index >= 15 is 0 Å². The van der Waals surface area contributed by atoms with Crippen molar-refractivity contribution < 1.29 is 14.9 Å². The number of ether oxygens (including phenoxy) is 1. The molecule has 0 amide bonds. The SMILES string of the molecule is OC(C1=CCCO1)C(O)c1ccccc1. The van der Waals surface area contributed by atoms with Gasteiger partial charge in [0, 0.05) is 6.42 Å². The molecule has 1 aliphatic rings. The molecule has 2 atom stereocenters. The highest BCUT2D eigenvalue weighted by Gasteiger charge is 2.25. The zero-order valence-electron chi connectivity index (χ0n) is 8.34. The summed E-state index contributed by atoms with van der Waals surface area (Å²) in [6.45, 7) is 0.591. The second-order valence-corrected chi connectivity index (χ2v) is 3.54. The lowest BCUT2D eigenvalue weighted by atomic mass is 10.0.